The Morgan fingerprint density at radius 2 is 1.76 bits per heavy atom. The molecule has 0 amide bonds. The number of anilines is 1. The maximum Gasteiger partial charge on any atom is 0.129 e. The van der Waals surface area contributed by atoms with Crippen LogP contribution in [0.4, 0.5) is 5.69 Å². The second-order valence-electron chi connectivity index (χ2n) is 10.4. The van der Waals surface area contributed by atoms with Crippen LogP contribution in [0.25, 0.3) is 0 Å². The van der Waals surface area contributed by atoms with Crippen LogP contribution in [0.3, 0.4) is 0 Å². The SMILES string of the molecule is CN1CCN(Cc2ccc(NC3=NC=C4C=CC(C5CCC=CCC5)C4(C)C=C3)cc2)CC1.[HH]. The molecular formula is C29H40N4. The van der Waals surface area contributed by atoms with Gasteiger partial charge in [-0.15, -0.1) is 0 Å². The third-order valence-corrected chi connectivity index (χ3v) is 8.04. The number of rotatable bonds is 4. The lowest BCUT2D eigenvalue weighted by molar-refractivity contribution is 0.148. The van der Waals surface area contributed by atoms with Gasteiger partial charge in [-0.2, -0.15) is 0 Å². The van der Waals surface area contributed by atoms with Crippen molar-refractivity contribution in [2.24, 2.45) is 22.2 Å². The highest BCUT2D eigenvalue weighted by Crippen LogP contribution is 2.50. The number of fused-ring (bicyclic) bond motifs is 1. The number of piperazine rings is 1. The molecule has 2 atom stereocenters. The first-order chi connectivity index (χ1) is 16.1. The largest absolute Gasteiger partial charge is 0.340 e. The lowest BCUT2D eigenvalue weighted by Crippen LogP contribution is -2.43. The van der Waals surface area contributed by atoms with Gasteiger partial charge >= 0.3 is 0 Å². The zero-order chi connectivity index (χ0) is 22.7. The average molecular weight is 445 g/mol. The van der Waals surface area contributed by atoms with E-state index in [2.05, 4.69) is 96.0 Å². The Morgan fingerprint density at radius 1 is 1.03 bits per heavy atom. The van der Waals surface area contributed by atoms with E-state index in [4.69, 9.17) is 4.99 Å². The van der Waals surface area contributed by atoms with E-state index in [0.29, 0.717) is 5.92 Å². The Labute approximate surface area is 200 Å². The minimum absolute atomic E-state index is 0. The number of nitrogens with one attached hydrogen (secondary N) is 1. The summed E-state index contributed by atoms with van der Waals surface area (Å²) in [5.74, 6) is 2.21. The molecule has 176 valence electrons. The quantitative estimate of drug-likeness (QED) is 0.588. The predicted molar refractivity (Wildman–Crippen MR) is 141 cm³/mol. The summed E-state index contributed by atoms with van der Waals surface area (Å²) in [7, 11) is 2.21. The monoisotopic (exact) mass is 444 g/mol. The Bertz CT molecular complexity index is 972. The Kier molecular flexibility index (Phi) is 6.66. The molecule has 2 aliphatic carbocycles. The van der Waals surface area contributed by atoms with Crippen molar-refractivity contribution in [1.29, 1.82) is 0 Å². The number of allylic oxidation sites excluding steroid dienone is 6. The van der Waals surface area contributed by atoms with Crippen molar-refractivity contribution in [1.82, 2.24) is 9.80 Å². The molecule has 0 aromatic heterocycles. The summed E-state index contributed by atoms with van der Waals surface area (Å²) in [5, 5.41) is 3.53. The van der Waals surface area contributed by atoms with Gasteiger partial charge in [0.2, 0.25) is 0 Å². The van der Waals surface area contributed by atoms with Crippen LogP contribution < -0.4 is 5.32 Å². The van der Waals surface area contributed by atoms with Gasteiger partial charge in [0.1, 0.15) is 5.84 Å². The third kappa shape index (κ3) is 5.07. The lowest BCUT2D eigenvalue weighted by Gasteiger charge is -2.35. The average Bonchev–Trinajstić information content (AvgIpc) is 2.99. The Hall–Kier alpha value is -2.43. The van der Waals surface area contributed by atoms with Gasteiger partial charge < -0.3 is 10.2 Å². The van der Waals surface area contributed by atoms with Crippen LogP contribution in [-0.4, -0.2) is 48.9 Å². The van der Waals surface area contributed by atoms with Crippen molar-refractivity contribution in [3.63, 3.8) is 0 Å². The standard InChI is InChI=1S/C29H38N4.H2/c1-29-16-15-28(30-21-25(29)11-14-27(29)24-7-5-3-4-6-8-24)31-26-12-9-23(10-13-26)22-33-19-17-32(2)18-20-33;/h3-4,9-16,21,24,27H,5-8,17-20,22H2,1-2H3,(H,30,31);1H. The van der Waals surface area contributed by atoms with Crippen molar-refractivity contribution in [3.8, 4) is 0 Å². The van der Waals surface area contributed by atoms with Crippen LogP contribution >= 0.6 is 0 Å². The van der Waals surface area contributed by atoms with E-state index in [1.165, 1.54) is 36.8 Å². The number of hydrogen-bond donors (Lipinski definition) is 1. The minimum atomic E-state index is 0. The summed E-state index contributed by atoms with van der Waals surface area (Å²) in [5.41, 5.74) is 3.84. The fourth-order valence-electron chi connectivity index (χ4n) is 5.79. The number of benzene rings is 1. The highest BCUT2D eigenvalue weighted by molar-refractivity contribution is 6.04. The van der Waals surface area contributed by atoms with Crippen molar-refractivity contribution in [2.75, 3.05) is 38.5 Å². The second-order valence-corrected chi connectivity index (χ2v) is 10.4. The topological polar surface area (TPSA) is 30.9 Å². The molecule has 1 fully saturated rings. The maximum atomic E-state index is 4.81. The van der Waals surface area contributed by atoms with Crippen LogP contribution in [0.1, 0.15) is 39.6 Å². The van der Waals surface area contributed by atoms with Gasteiger partial charge in [0, 0.05) is 51.5 Å². The molecule has 4 aliphatic rings. The molecule has 1 aromatic rings. The molecule has 2 aliphatic heterocycles. The predicted octanol–water partition coefficient (Wildman–Crippen LogP) is 5.88. The molecular weight excluding hydrogens is 404 g/mol. The third-order valence-electron chi connectivity index (χ3n) is 8.04. The zero-order valence-corrected chi connectivity index (χ0v) is 20.2. The summed E-state index contributed by atoms with van der Waals surface area (Å²) >= 11 is 0. The van der Waals surface area contributed by atoms with Crippen molar-refractivity contribution < 1.29 is 1.43 Å². The lowest BCUT2D eigenvalue weighted by atomic mass is 9.68. The molecule has 4 nitrogen and oxygen atoms in total. The fourth-order valence-corrected chi connectivity index (χ4v) is 5.79. The fraction of sp³-hybridized carbons (Fsp3) is 0.483. The first kappa shape index (κ1) is 22.4. The molecule has 1 N–H and O–H groups in total. The van der Waals surface area contributed by atoms with E-state index < -0.39 is 0 Å². The van der Waals surface area contributed by atoms with E-state index in [1.54, 1.807) is 0 Å². The zero-order valence-electron chi connectivity index (χ0n) is 20.2. The molecule has 0 spiro atoms. The molecule has 0 bridgehead atoms. The van der Waals surface area contributed by atoms with Gasteiger partial charge in [0.15, 0.2) is 0 Å². The summed E-state index contributed by atoms with van der Waals surface area (Å²) in [6.45, 7) is 8.05. The van der Waals surface area contributed by atoms with Gasteiger partial charge in [-0.1, -0.05) is 49.4 Å². The van der Waals surface area contributed by atoms with Gasteiger partial charge in [-0.25, -0.2) is 4.99 Å². The van der Waals surface area contributed by atoms with Crippen LogP contribution in [0.5, 0.6) is 0 Å². The number of hydrogen-bond acceptors (Lipinski definition) is 4. The van der Waals surface area contributed by atoms with Gasteiger partial charge in [-0.05, 0) is 73.9 Å². The molecule has 2 heterocycles. The molecule has 33 heavy (non-hydrogen) atoms. The number of nitrogens with zero attached hydrogens (tertiary/aromatic N) is 3. The van der Waals surface area contributed by atoms with Gasteiger partial charge in [-0.3, -0.25) is 4.90 Å². The first-order valence-electron chi connectivity index (χ1n) is 12.7. The summed E-state index contributed by atoms with van der Waals surface area (Å²) in [6, 6.07) is 8.86. The van der Waals surface area contributed by atoms with Crippen LogP contribution in [-0.2, 0) is 6.54 Å². The number of aliphatic imine (C=N–C) groups is 1. The van der Waals surface area contributed by atoms with Gasteiger partial charge in [0.25, 0.3) is 0 Å². The molecule has 4 heteroatoms. The van der Waals surface area contributed by atoms with Crippen molar-refractivity contribution >= 4 is 11.5 Å². The van der Waals surface area contributed by atoms with Crippen LogP contribution in [0.2, 0.25) is 0 Å². The van der Waals surface area contributed by atoms with E-state index in [0.717, 1.165) is 50.2 Å². The smallest absolute Gasteiger partial charge is 0.129 e. The summed E-state index contributed by atoms with van der Waals surface area (Å²) in [4.78, 5) is 9.75. The molecule has 0 radical (unpaired) electrons. The van der Waals surface area contributed by atoms with E-state index >= 15 is 0 Å². The maximum absolute atomic E-state index is 4.81. The molecule has 1 saturated heterocycles. The van der Waals surface area contributed by atoms with Crippen molar-refractivity contribution in [2.45, 2.75) is 39.2 Å². The van der Waals surface area contributed by atoms with E-state index in [1.807, 2.05) is 0 Å². The van der Waals surface area contributed by atoms with Gasteiger partial charge in [0.05, 0.1) is 0 Å². The number of likely N-dealkylation sites (N-methyl/N-ethyl adjacent to an activating group) is 1. The summed E-state index contributed by atoms with van der Waals surface area (Å²) < 4.78 is 0. The van der Waals surface area contributed by atoms with Crippen LogP contribution in [0, 0.1) is 17.3 Å². The number of amidine groups is 1. The molecule has 2 unspecified atom stereocenters. The molecule has 5 rings (SSSR count). The Balaban J connectivity index is 0.00000274. The first-order valence-corrected chi connectivity index (χ1v) is 12.7. The van der Waals surface area contributed by atoms with Crippen LogP contribution in [0.15, 0.2) is 77.5 Å². The second kappa shape index (κ2) is 9.82. The molecule has 1 aromatic carbocycles. The minimum Gasteiger partial charge on any atom is -0.340 e. The molecule has 0 saturated carbocycles. The summed E-state index contributed by atoms with van der Waals surface area (Å²) in [6.07, 6.45) is 21.1. The normalized spacial score (nSPS) is 28.7. The highest BCUT2D eigenvalue weighted by Gasteiger charge is 2.41. The highest BCUT2D eigenvalue weighted by atomic mass is 15.2. The Morgan fingerprint density at radius 3 is 2.48 bits per heavy atom. The van der Waals surface area contributed by atoms with E-state index in [9.17, 15) is 0 Å². The van der Waals surface area contributed by atoms with E-state index in [-0.39, 0.29) is 6.84 Å². The van der Waals surface area contributed by atoms with Crippen molar-refractivity contribution in [3.05, 3.63) is 78.1 Å².